The normalized spacial score (nSPS) is 13.5. The van der Waals surface area contributed by atoms with Crippen LogP contribution >= 0.6 is 0 Å². The number of carbonyl (C=O) groups is 1. The predicted molar refractivity (Wildman–Crippen MR) is 56.2 cm³/mol. The van der Waals surface area contributed by atoms with Crippen LogP contribution in [0.15, 0.2) is 23.3 Å². The molecule has 0 bridgehead atoms. The van der Waals surface area contributed by atoms with Gasteiger partial charge in [0.25, 0.3) is 0 Å². The van der Waals surface area contributed by atoms with Crippen LogP contribution in [0.1, 0.15) is 27.7 Å². The van der Waals surface area contributed by atoms with E-state index in [2.05, 4.69) is 0 Å². The Morgan fingerprint density at radius 3 is 2.43 bits per heavy atom. The molecule has 1 N–H and O–H groups in total. The van der Waals surface area contributed by atoms with Crippen molar-refractivity contribution in [1.82, 2.24) is 0 Å². The minimum absolute atomic E-state index is 0.164. The van der Waals surface area contributed by atoms with Crippen molar-refractivity contribution in [2.45, 2.75) is 33.8 Å². The molecule has 0 radical (unpaired) electrons. The first-order valence-corrected chi connectivity index (χ1v) is 4.65. The summed E-state index contributed by atoms with van der Waals surface area (Å²) < 4.78 is 5.34. The van der Waals surface area contributed by atoms with Gasteiger partial charge in [-0.25, -0.2) is 4.79 Å². The van der Waals surface area contributed by atoms with Crippen molar-refractivity contribution in [2.75, 3.05) is 6.61 Å². The van der Waals surface area contributed by atoms with Gasteiger partial charge in [0.15, 0.2) is 0 Å². The molecule has 0 aliphatic heterocycles. The lowest BCUT2D eigenvalue weighted by atomic mass is 10.2. The van der Waals surface area contributed by atoms with E-state index in [1.807, 2.05) is 20.8 Å². The zero-order valence-electron chi connectivity index (χ0n) is 9.20. The van der Waals surface area contributed by atoms with Crippen molar-refractivity contribution in [3.05, 3.63) is 23.3 Å². The number of allylic oxidation sites excluding steroid dienone is 1. The molecule has 0 fully saturated rings. The Hall–Kier alpha value is -1.09. The number of ether oxygens (including phenoxy) is 1. The average molecular weight is 198 g/mol. The molecule has 0 rings (SSSR count). The Balaban J connectivity index is 4.28. The molecule has 0 saturated heterocycles. The van der Waals surface area contributed by atoms with Gasteiger partial charge in [-0.1, -0.05) is 6.08 Å². The lowest BCUT2D eigenvalue weighted by Crippen LogP contribution is -2.06. The van der Waals surface area contributed by atoms with Crippen LogP contribution in [-0.4, -0.2) is 23.8 Å². The Labute approximate surface area is 85.1 Å². The Morgan fingerprint density at radius 2 is 2.07 bits per heavy atom. The summed E-state index contributed by atoms with van der Waals surface area (Å²) in [5.74, 6) is -0.906. The van der Waals surface area contributed by atoms with Crippen LogP contribution in [0.5, 0.6) is 0 Å². The number of hydrogen-bond acceptors (Lipinski definition) is 2. The van der Waals surface area contributed by atoms with Crippen molar-refractivity contribution in [1.29, 1.82) is 0 Å². The molecular weight excluding hydrogens is 180 g/mol. The van der Waals surface area contributed by atoms with E-state index in [-0.39, 0.29) is 6.10 Å². The number of carboxylic acids is 1. The van der Waals surface area contributed by atoms with Crippen LogP contribution in [-0.2, 0) is 9.53 Å². The summed E-state index contributed by atoms with van der Waals surface area (Å²) in [6.45, 7) is 7.93. The van der Waals surface area contributed by atoms with Crippen molar-refractivity contribution in [3.8, 4) is 0 Å². The van der Waals surface area contributed by atoms with Crippen LogP contribution in [0.3, 0.4) is 0 Å². The molecule has 0 unspecified atom stereocenters. The fourth-order valence-electron chi connectivity index (χ4n) is 0.874. The van der Waals surface area contributed by atoms with E-state index in [0.29, 0.717) is 12.2 Å². The van der Waals surface area contributed by atoms with Gasteiger partial charge in [0.1, 0.15) is 0 Å². The summed E-state index contributed by atoms with van der Waals surface area (Å²) in [6.07, 6.45) is 3.36. The number of aliphatic carboxylic acids is 1. The molecule has 0 atom stereocenters. The van der Waals surface area contributed by atoms with Crippen LogP contribution in [0.25, 0.3) is 0 Å². The molecule has 80 valence electrons. The van der Waals surface area contributed by atoms with Crippen LogP contribution in [0.4, 0.5) is 0 Å². The van der Waals surface area contributed by atoms with Gasteiger partial charge in [0.2, 0.25) is 0 Å². The van der Waals surface area contributed by atoms with Gasteiger partial charge in [-0.05, 0) is 39.3 Å². The largest absolute Gasteiger partial charge is 0.478 e. The summed E-state index contributed by atoms with van der Waals surface area (Å²) in [6, 6.07) is 0. The molecule has 14 heavy (non-hydrogen) atoms. The van der Waals surface area contributed by atoms with Gasteiger partial charge >= 0.3 is 5.97 Å². The van der Waals surface area contributed by atoms with Crippen molar-refractivity contribution in [2.24, 2.45) is 0 Å². The van der Waals surface area contributed by atoms with Crippen LogP contribution < -0.4 is 0 Å². The maximum absolute atomic E-state index is 10.7. The van der Waals surface area contributed by atoms with E-state index in [0.717, 1.165) is 5.57 Å². The highest BCUT2D eigenvalue weighted by Crippen LogP contribution is 2.04. The molecule has 0 aromatic heterocycles. The minimum atomic E-state index is -0.906. The number of hydrogen-bond donors (Lipinski definition) is 1. The standard InChI is InChI=1S/C11H18O3/c1-5-10(11(12)13)6-9(4)7-14-8(2)3/h5-6,8H,7H2,1-4H3,(H,12,13). The van der Waals surface area contributed by atoms with Gasteiger partial charge in [-0.2, -0.15) is 0 Å². The molecule has 0 aromatic rings. The van der Waals surface area contributed by atoms with E-state index in [1.165, 1.54) is 0 Å². The van der Waals surface area contributed by atoms with Crippen molar-refractivity contribution >= 4 is 5.97 Å². The summed E-state index contributed by atoms with van der Waals surface area (Å²) in [5, 5.41) is 8.75. The van der Waals surface area contributed by atoms with E-state index in [4.69, 9.17) is 9.84 Å². The molecular formula is C11H18O3. The minimum Gasteiger partial charge on any atom is -0.478 e. The Kier molecular flexibility index (Phi) is 5.88. The Morgan fingerprint density at radius 1 is 1.50 bits per heavy atom. The van der Waals surface area contributed by atoms with Crippen LogP contribution in [0, 0.1) is 0 Å². The fourth-order valence-corrected chi connectivity index (χ4v) is 0.874. The van der Waals surface area contributed by atoms with E-state index < -0.39 is 5.97 Å². The smallest absolute Gasteiger partial charge is 0.335 e. The molecule has 3 nitrogen and oxygen atoms in total. The van der Waals surface area contributed by atoms with Gasteiger partial charge in [0.05, 0.1) is 18.3 Å². The third kappa shape index (κ3) is 5.54. The second kappa shape index (κ2) is 6.38. The number of rotatable bonds is 5. The molecule has 0 aliphatic carbocycles. The lowest BCUT2D eigenvalue weighted by Gasteiger charge is -2.07. The first-order chi connectivity index (χ1) is 6.47. The molecule has 0 aromatic carbocycles. The van der Waals surface area contributed by atoms with Gasteiger partial charge in [0, 0.05) is 0 Å². The maximum atomic E-state index is 10.7. The SMILES string of the molecule is CC=C(C=C(C)COC(C)C)C(=O)O. The van der Waals surface area contributed by atoms with Crippen LogP contribution in [0.2, 0.25) is 0 Å². The van der Waals surface area contributed by atoms with Gasteiger partial charge in [-0.3, -0.25) is 0 Å². The predicted octanol–water partition coefficient (Wildman–Crippen LogP) is 2.39. The van der Waals surface area contributed by atoms with E-state index in [1.54, 1.807) is 19.1 Å². The average Bonchev–Trinajstić information content (AvgIpc) is 2.10. The molecule has 0 heterocycles. The third-order valence-corrected chi connectivity index (χ3v) is 1.60. The second-order valence-corrected chi connectivity index (χ2v) is 3.40. The monoisotopic (exact) mass is 198 g/mol. The van der Waals surface area contributed by atoms with E-state index >= 15 is 0 Å². The molecule has 0 aliphatic rings. The van der Waals surface area contributed by atoms with Gasteiger partial charge in [-0.15, -0.1) is 0 Å². The molecule has 0 spiro atoms. The zero-order valence-corrected chi connectivity index (χ0v) is 9.20. The highest BCUT2D eigenvalue weighted by Gasteiger charge is 2.03. The van der Waals surface area contributed by atoms with Crippen molar-refractivity contribution < 1.29 is 14.6 Å². The fraction of sp³-hybridized carbons (Fsp3) is 0.545. The molecule has 0 amide bonds. The van der Waals surface area contributed by atoms with Gasteiger partial charge < -0.3 is 9.84 Å². The first-order valence-electron chi connectivity index (χ1n) is 4.65. The molecule has 3 heteroatoms. The maximum Gasteiger partial charge on any atom is 0.335 e. The first kappa shape index (κ1) is 12.9. The summed E-state index contributed by atoms with van der Waals surface area (Å²) in [5.41, 5.74) is 1.21. The summed E-state index contributed by atoms with van der Waals surface area (Å²) in [7, 11) is 0. The summed E-state index contributed by atoms with van der Waals surface area (Å²) in [4.78, 5) is 10.7. The zero-order chi connectivity index (χ0) is 11.1. The number of carboxylic acid groups (broad SMARTS) is 1. The van der Waals surface area contributed by atoms with E-state index in [9.17, 15) is 4.79 Å². The topological polar surface area (TPSA) is 46.5 Å². The highest BCUT2D eigenvalue weighted by atomic mass is 16.5. The third-order valence-electron chi connectivity index (χ3n) is 1.60. The Bertz CT molecular complexity index is 249. The quantitative estimate of drug-likeness (QED) is 0.545. The van der Waals surface area contributed by atoms with Crippen molar-refractivity contribution in [3.63, 3.8) is 0 Å². The second-order valence-electron chi connectivity index (χ2n) is 3.40. The molecule has 0 saturated carbocycles. The lowest BCUT2D eigenvalue weighted by molar-refractivity contribution is -0.132. The summed E-state index contributed by atoms with van der Waals surface area (Å²) >= 11 is 0. The highest BCUT2D eigenvalue weighted by molar-refractivity contribution is 5.89.